The molecule has 3 aromatic carbocycles. The summed E-state index contributed by atoms with van der Waals surface area (Å²) >= 11 is 0. The van der Waals surface area contributed by atoms with E-state index in [0.29, 0.717) is 17.1 Å². The van der Waals surface area contributed by atoms with Crippen molar-refractivity contribution in [3.8, 4) is 22.6 Å². The Bertz CT molecular complexity index is 875. The molecule has 0 saturated carbocycles. The van der Waals surface area contributed by atoms with Gasteiger partial charge in [0.25, 0.3) is 5.91 Å². The summed E-state index contributed by atoms with van der Waals surface area (Å²) in [6.07, 6.45) is 0. The quantitative estimate of drug-likeness (QED) is 0.741. The van der Waals surface area contributed by atoms with E-state index < -0.39 is 0 Å². The topological polar surface area (TPSA) is 47.6 Å². The van der Waals surface area contributed by atoms with Crippen LogP contribution >= 0.6 is 0 Å². The zero-order valence-corrected chi connectivity index (χ0v) is 14.2. The Hall–Kier alpha value is -3.27. The highest BCUT2D eigenvalue weighted by atomic mass is 16.5. The van der Waals surface area contributed by atoms with Gasteiger partial charge in [0.15, 0.2) is 0 Å². The van der Waals surface area contributed by atoms with Gasteiger partial charge in [0.2, 0.25) is 0 Å². The van der Waals surface area contributed by atoms with Crippen molar-refractivity contribution in [1.29, 1.82) is 0 Å². The number of amides is 1. The number of anilines is 1. The monoisotopic (exact) mass is 333 g/mol. The number of methoxy groups -OCH3 is 2. The molecule has 1 amide bonds. The van der Waals surface area contributed by atoms with Gasteiger partial charge in [-0.1, -0.05) is 48.5 Å². The van der Waals surface area contributed by atoms with Crippen LogP contribution in [0.5, 0.6) is 11.5 Å². The van der Waals surface area contributed by atoms with E-state index in [0.717, 1.165) is 16.8 Å². The molecule has 0 radical (unpaired) electrons. The molecule has 0 aromatic heterocycles. The van der Waals surface area contributed by atoms with E-state index in [9.17, 15) is 4.79 Å². The Labute approximate surface area is 147 Å². The number of hydrogen-bond donors (Lipinski definition) is 1. The molecule has 0 aliphatic carbocycles. The molecule has 0 spiro atoms. The van der Waals surface area contributed by atoms with Crippen molar-refractivity contribution in [2.75, 3.05) is 19.5 Å². The lowest BCUT2D eigenvalue weighted by atomic mass is 10.0. The van der Waals surface area contributed by atoms with Crippen molar-refractivity contribution in [3.05, 3.63) is 78.4 Å². The molecule has 0 unspecified atom stereocenters. The first-order chi connectivity index (χ1) is 12.2. The zero-order valence-electron chi connectivity index (χ0n) is 14.2. The van der Waals surface area contributed by atoms with Crippen LogP contribution in [0.4, 0.5) is 5.69 Å². The van der Waals surface area contributed by atoms with Crippen LogP contribution in [-0.2, 0) is 0 Å². The highest BCUT2D eigenvalue weighted by Gasteiger charge is 2.15. The van der Waals surface area contributed by atoms with E-state index in [-0.39, 0.29) is 5.91 Å². The van der Waals surface area contributed by atoms with Gasteiger partial charge in [0.1, 0.15) is 11.5 Å². The van der Waals surface area contributed by atoms with Crippen LogP contribution in [0.25, 0.3) is 11.1 Å². The van der Waals surface area contributed by atoms with Crippen molar-refractivity contribution in [3.63, 3.8) is 0 Å². The number of carbonyl (C=O) groups is 1. The van der Waals surface area contributed by atoms with E-state index >= 15 is 0 Å². The summed E-state index contributed by atoms with van der Waals surface area (Å²) in [5.74, 6) is 0.844. The zero-order chi connectivity index (χ0) is 17.6. The molecule has 0 fully saturated rings. The number of rotatable bonds is 5. The van der Waals surface area contributed by atoms with Gasteiger partial charge < -0.3 is 14.8 Å². The van der Waals surface area contributed by atoms with E-state index in [1.165, 1.54) is 7.11 Å². The van der Waals surface area contributed by atoms with Crippen LogP contribution < -0.4 is 14.8 Å². The second-order valence-electron chi connectivity index (χ2n) is 5.43. The lowest BCUT2D eigenvalue weighted by molar-refractivity contribution is 0.102. The SMILES string of the molecule is COc1ccc(OC)c(C(=O)Nc2ccccc2-c2ccccc2)c1. The second-order valence-corrected chi connectivity index (χ2v) is 5.43. The molecular formula is C21H19NO3. The number of nitrogens with one attached hydrogen (secondary N) is 1. The fraction of sp³-hybridized carbons (Fsp3) is 0.0952. The molecule has 4 nitrogen and oxygen atoms in total. The Balaban J connectivity index is 1.95. The number of carbonyl (C=O) groups excluding carboxylic acids is 1. The molecule has 0 aliphatic rings. The van der Waals surface area contributed by atoms with Crippen LogP contribution in [0.2, 0.25) is 0 Å². The van der Waals surface area contributed by atoms with Gasteiger partial charge in [-0.2, -0.15) is 0 Å². The number of benzene rings is 3. The third kappa shape index (κ3) is 3.63. The molecule has 3 rings (SSSR count). The molecular weight excluding hydrogens is 314 g/mol. The van der Waals surface area contributed by atoms with Gasteiger partial charge in [0.05, 0.1) is 19.8 Å². The molecule has 3 aromatic rings. The standard InChI is InChI=1S/C21H19NO3/c1-24-16-12-13-20(25-2)18(14-16)21(23)22-19-11-7-6-10-17(19)15-8-4-3-5-9-15/h3-14H,1-2H3,(H,22,23). The van der Waals surface area contributed by atoms with Gasteiger partial charge in [0, 0.05) is 11.3 Å². The molecule has 4 heteroatoms. The summed E-state index contributed by atoms with van der Waals surface area (Å²) in [6.45, 7) is 0. The lowest BCUT2D eigenvalue weighted by Gasteiger charge is -2.14. The minimum absolute atomic E-state index is 0.251. The van der Waals surface area contributed by atoms with E-state index in [4.69, 9.17) is 9.47 Å². The number of hydrogen-bond acceptors (Lipinski definition) is 3. The Morgan fingerprint density at radius 3 is 2.28 bits per heavy atom. The highest BCUT2D eigenvalue weighted by Crippen LogP contribution is 2.30. The smallest absolute Gasteiger partial charge is 0.259 e. The summed E-state index contributed by atoms with van der Waals surface area (Å²) in [7, 11) is 3.10. The predicted octanol–water partition coefficient (Wildman–Crippen LogP) is 4.62. The lowest BCUT2D eigenvalue weighted by Crippen LogP contribution is -2.14. The fourth-order valence-corrected chi connectivity index (χ4v) is 2.64. The van der Waals surface area contributed by atoms with Crippen LogP contribution in [-0.4, -0.2) is 20.1 Å². The van der Waals surface area contributed by atoms with E-state index in [1.54, 1.807) is 25.3 Å². The minimum Gasteiger partial charge on any atom is -0.497 e. The number of para-hydroxylation sites is 1. The largest absolute Gasteiger partial charge is 0.497 e. The first-order valence-corrected chi connectivity index (χ1v) is 7.90. The molecule has 0 bridgehead atoms. The maximum Gasteiger partial charge on any atom is 0.259 e. The molecule has 0 saturated heterocycles. The average molecular weight is 333 g/mol. The third-order valence-corrected chi connectivity index (χ3v) is 3.91. The fourth-order valence-electron chi connectivity index (χ4n) is 2.64. The normalized spacial score (nSPS) is 10.2. The Kier molecular flexibility index (Phi) is 5.00. The van der Waals surface area contributed by atoms with Gasteiger partial charge >= 0.3 is 0 Å². The minimum atomic E-state index is -0.251. The summed E-state index contributed by atoms with van der Waals surface area (Å²) < 4.78 is 10.5. The Morgan fingerprint density at radius 2 is 1.56 bits per heavy atom. The number of ether oxygens (including phenoxy) is 2. The van der Waals surface area contributed by atoms with Gasteiger partial charge in [-0.15, -0.1) is 0 Å². The molecule has 126 valence electrons. The second kappa shape index (κ2) is 7.53. The summed E-state index contributed by atoms with van der Waals surface area (Å²) in [6, 6.07) is 22.8. The van der Waals surface area contributed by atoms with Crippen molar-refractivity contribution >= 4 is 11.6 Å². The van der Waals surface area contributed by atoms with Crippen molar-refractivity contribution in [2.45, 2.75) is 0 Å². The van der Waals surface area contributed by atoms with Crippen LogP contribution in [0, 0.1) is 0 Å². The van der Waals surface area contributed by atoms with Crippen LogP contribution in [0.3, 0.4) is 0 Å². The summed E-state index contributed by atoms with van der Waals surface area (Å²) in [5.41, 5.74) is 3.16. The van der Waals surface area contributed by atoms with Crippen molar-refractivity contribution < 1.29 is 14.3 Å². The summed E-state index contributed by atoms with van der Waals surface area (Å²) in [5, 5.41) is 2.98. The first-order valence-electron chi connectivity index (χ1n) is 7.90. The first kappa shape index (κ1) is 16.6. The molecule has 1 N–H and O–H groups in total. The summed E-state index contributed by atoms with van der Waals surface area (Å²) in [4.78, 5) is 12.8. The van der Waals surface area contributed by atoms with Crippen LogP contribution in [0.1, 0.15) is 10.4 Å². The molecule has 0 aliphatic heterocycles. The highest BCUT2D eigenvalue weighted by molar-refractivity contribution is 6.08. The van der Waals surface area contributed by atoms with Crippen molar-refractivity contribution in [1.82, 2.24) is 0 Å². The van der Waals surface area contributed by atoms with Crippen molar-refractivity contribution in [2.24, 2.45) is 0 Å². The maximum absolute atomic E-state index is 12.8. The predicted molar refractivity (Wildman–Crippen MR) is 99.4 cm³/mol. The molecule has 0 atom stereocenters. The molecule has 25 heavy (non-hydrogen) atoms. The van der Waals surface area contributed by atoms with E-state index in [2.05, 4.69) is 5.32 Å². The third-order valence-electron chi connectivity index (χ3n) is 3.91. The van der Waals surface area contributed by atoms with Gasteiger partial charge in [-0.05, 0) is 29.8 Å². The Morgan fingerprint density at radius 1 is 0.840 bits per heavy atom. The van der Waals surface area contributed by atoms with Gasteiger partial charge in [-0.3, -0.25) is 4.79 Å². The average Bonchev–Trinajstić information content (AvgIpc) is 2.68. The van der Waals surface area contributed by atoms with E-state index in [1.807, 2.05) is 54.6 Å². The van der Waals surface area contributed by atoms with Gasteiger partial charge in [-0.25, -0.2) is 0 Å². The molecule has 0 heterocycles. The maximum atomic E-state index is 12.8. The van der Waals surface area contributed by atoms with Crippen LogP contribution in [0.15, 0.2) is 72.8 Å².